The average Bonchev–Trinajstić information content (AvgIpc) is 2.74. The van der Waals surface area contributed by atoms with Gasteiger partial charge in [0.15, 0.2) is 0 Å². The molecule has 1 aromatic carbocycles. The number of aromatic amines is 1. The van der Waals surface area contributed by atoms with Crippen LogP contribution >= 0.6 is 0 Å². The molecule has 2 heterocycles. The first-order valence-corrected chi connectivity index (χ1v) is 10.8. The highest BCUT2D eigenvalue weighted by molar-refractivity contribution is 5.91. The number of benzene rings is 1. The predicted octanol–water partition coefficient (Wildman–Crippen LogP) is 3.33. The van der Waals surface area contributed by atoms with Gasteiger partial charge in [0.1, 0.15) is 13.1 Å². The zero-order valence-electron chi connectivity index (χ0n) is 18.2. The van der Waals surface area contributed by atoms with E-state index in [1.807, 2.05) is 54.4 Å². The topological polar surface area (TPSA) is 66.8 Å². The lowest BCUT2D eigenvalue weighted by Crippen LogP contribution is -2.50. The maximum absolute atomic E-state index is 12.7. The van der Waals surface area contributed by atoms with Crippen LogP contribution in [0.4, 0.5) is 11.5 Å². The Morgan fingerprint density at radius 2 is 1.67 bits per heavy atom. The molecule has 1 aromatic heterocycles. The van der Waals surface area contributed by atoms with Crippen LogP contribution < -0.4 is 15.2 Å². The third kappa shape index (κ3) is 6.05. The molecule has 2 N–H and O–H groups in total. The largest absolute Gasteiger partial charge is 0.335 e. The van der Waals surface area contributed by atoms with E-state index in [1.165, 1.54) is 5.56 Å². The van der Waals surface area contributed by atoms with Crippen LogP contribution in [0.2, 0.25) is 0 Å². The summed E-state index contributed by atoms with van der Waals surface area (Å²) in [5, 5.41) is 2.94. The number of hydrogen-bond acceptors (Lipinski definition) is 3. The van der Waals surface area contributed by atoms with Crippen LogP contribution in [0.25, 0.3) is 0 Å². The van der Waals surface area contributed by atoms with Gasteiger partial charge in [-0.2, -0.15) is 0 Å². The number of carbonyl (C=O) groups excluding carboxylic acids is 2. The Labute approximate surface area is 179 Å². The molecule has 0 unspecified atom stereocenters. The quantitative estimate of drug-likeness (QED) is 0.763. The molecule has 0 aliphatic carbocycles. The van der Waals surface area contributed by atoms with Crippen LogP contribution in [0.15, 0.2) is 48.7 Å². The number of hydrogen-bond donors (Lipinski definition) is 1. The van der Waals surface area contributed by atoms with Crippen molar-refractivity contribution in [2.45, 2.75) is 39.5 Å². The van der Waals surface area contributed by atoms with Crippen molar-refractivity contribution in [3.8, 4) is 0 Å². The first kappa shape index (κ1) is 21.8. The minimum absolute atomic E-state index is 0.00734. The molecule has 0 bridgehead atoms. The van der Waals surface area contributed by atoms with Crippen LogP contribution in [-0.4, -0.2) is 42.9 Å². The Hall–Kier alpha value is -2.89. The summed E-state index contributed by atoms with van der Waals surface area (Å²) in [4.78, 5) is 32.4. The molecule has 0 radical (unpaired) electrons. The molecule has 1 atom stereocenters. The number of carbonyl (C=O) groups is 2. The summed E-state index contributed by atoms with van der Waals surface area (Å²) in [6, 6.07) is 14.0. The lowest BCUT2D eigenvalue weighted by atomic mass is 10.0. The molecule has 2 amide bonds. The van der Waals surface area contributed by atoms with Gasteiger partial charge in [-0.1, -0.05) is 39.0 Å². The fourth-order valence-corrected chi connectivity index (χ4v) is 3.76. The fraction of sp³-hybridized carbons (Fsp3) is 0.458. The second kappa shape index (κ2) is 10.2. The molecule has 3 rings (SSSR count). The van der Waals surface area contributed by atoms with E-state index in [4.69, 9.17) is 0 Å². The Kier molecular flexibility index (Phi) is 7.44. The van der Waals surface area contributed by atoms with E-state index >= 15 is 0 Å². The second-order valence-corrected chi connectivity index (χ2v) is 8.45. The first-order valence-electron chi connectivity index (χ1n) is 10.8. The molecule has 1 saturated heterocycles. The molecular formula is C24H33N4O2+. The van der Waals surface area contributed by atoms with Crippen molar-refractivity contribution >= 4 is 23.3 Å². The van der Waals surface area contributed by atoms with E-state index in [1.54, 1.807) is 0 Å². The van der Waals surface area contributed by atoms with Crippen molar-refractivity contribution in [2.24, 2.45) is 5.92 Å². The average molecular weight is 410 g/mol. The molecule has 1 aliphatic heterocycles. The van der Waals surface area contributed by atoms with Crippen molar-refractivity contribution in [3.05, 3.63) is 54.2 Å². The third-order valence-corrected chi connectivity index (χ3v) is 5.58. The summed E-state index contributed by atoms with van der Waals surface area (Å²) in [6.45, 7) is 9.30. The summed E-state index contributed by atoms with van der Waals surface area (Å²) in [7, 11) is 0. The normalized spacial score (nSPS) is 15.2. The molecule has 0 spiro atoms. The van der Waals surface area contributed by atoms with Gasteiger partial charge < -0.3 is 10.2 Å². The van der Waals surface area contributed by atoms with Crippen LogP contribution in [-0.2, 0) is 9.59 Å². The summed E-state index contributed by atoms with van der Waals surface area (Å²) < 4.78 is 0. The van der Waals surface area contributed by atoms with Crippen LogP contribution in [0.1, 0.15) is 45.1 Å². The van der Waals surface area contributed by atoms with Crippen molar-refractivity contribution in [2.75, 3.05) is 36.4 Å². The molecule has 30 heavy (non-hydrogen) atoms. The highest BCUT2D eigenvalue weighted by Crippen LogP contribution is 2.19. The number of nitrogens with zero attached hydrogens (tertiary/aromatic N) is 2. The van der Waals surface area contributed by atoms with Gasteiger partial charge in [-0.15, -0.1) is 0 Å². The van der Waals surface area contributed by atoms with E-state index < -0.39 is 0 Å². The van der Waals surface area contributed by atoms with Gasteiger partial charge in [0.2, 0.25) is 11.8 Å². The Bertz CT molecular complexity index is 828. The summed E-state index contributed by atoms with van der Waals surface area (Å²) in [5.74, 6) is 1.64. The number of rotatable bonds is 7. The molecular weight excluding hydrogens is 376 g/mol. The number of H-pyrrole nitrogens is 1. The number of piperazine rings is 1. The molecule has 6 nitrogen and oxygen atoms in total. The molecule has 2 aromatic rings. The van der Waals surface area contributed by atoms with Crippen LogP contribution in [0.5, 0.6) is 0 Å². The van der Waals surface area contributed by atoms with Gasteiger partial charge in [0.25, 0.3) is 5.82 Å². The molecule has 6 heteroatoms. The lowest BCUT2D eigenvalue weighted by Gasteiger charge is -2.31. The van der Waals surface area contributed by atoms with Gasteiger partial charge >= 0.3 is 0 Å². The van der Waals surface area contributed by atoms with Crippen molar-refractivity contribution in [1.82, 2.24) is 4.90 Å². The number of nitrogens with one attached hydrogen (secondary N) is 2. The Morgan fingerprint density at radius 1 is 0.967 bits per heavy atom. The van der Waals surface area contributed by atoms with Gasteiger partial charge in [-0.25, -0.2) is 4.98 Å². The number of amides is 2. The zero-order valence-corrected chi connectivity index (χ0v) is 18.2. The first-order chi connectivity index (χ1) is 14.4. The van der Waals surface area contributed by atoms with E-state index in [0.717, 1.165) is 24.6 Å². The monoisotopic (exact) mass is 409 g/mol. The van der Waals surface area contributed by atoms with Crippen molar-refractivity contribution in [1.29, 1.82) is 0 Å². The maximum Gasteiger partial charge on any atom is 0.274 e. The Morgan fingerprint density at radius 3 is 2.27 bits per heavy atom. The third-order valence-electron chi connectivity index (χ3n) is 5.58. The highest BCUT2D eigenvalue weighted by atomic mass is 16.2. The van der Waals surface area contributed by atoms with Gasteiger partial charge in [-0.05, 0) is 35.6 Å². The van der Waals surface area contributed by atoms with E-state index in [2.05, 4.69) is 35.1 Å². The highest BCUT2D eigenvalue weighted by Gasteiger charge is 2.27. The predicted molar refractivity (Wildman–Crippen MR) is 119 cm³/mol. The van der Waals surface area contributed by atoms with Crippen LogP contribution in [0, 0.1) is 5.92 Å². The van der Waals surface area contributed by atoms with Crippen molar-refractivity contribution < 1.29 is 14.6 Å². The minimum atomic E-state index is -0.0444. The van der Waals surface area contributed by atoms with E-state index in [9.17, 15) is 9.59 Å². The SMILES string of the molecule is CC(C)c1ccc(NC(=O)C[C@@H](C)CC(=O)N2CCN(c3cccc[nH+]3)CC2)cc1. The van der Waals surface area contributed by atoms with Gasteiger partial charge in [-0.3, -0.25) is 14.5 Å². The van der Waals surface area contributed by atoms with Gasteiger partial charge in [0.05, 0.1) is 19.3 Å². The van der Waals surface area contributed by atoms with Crippen molar-refractivity contribution in [3.63, 3.8) is 0 Å². The summed E-state index contributed by atoms with van der Waals surface area (Å²) in [6.07, 6.45) is 2.66. The van der Waals surface area contributed by atoms with E-state index in [0.29, 0.717) is 31.8 Å². The summed E-state index contributed by atoms with van der Waals surface area (Å²) in [5.41, 5.74) is 2.05. The number of pyridine rings is 1. The van der Waals surface area contributed by atoms with Crippen LogP contribution in [0.3, 0.4) is 0 Å². The second-order valence-electron chi connectivity index (χ2n) is 8.45. The standard InChI is InChI=1S/C24H32N4O2/c1-18(2)20-7-9-21(10-8-20)26-23(29)16-19(3)17-24(30)28-14-12-27(13-15-28)22-6-4-5-11-25-22/h4-11,18-19H,12-17H2,1-3H3,(H,26,29)/p+1/t19-/m1/s1. The molecule has 1 aliphatic rings. The Balaban J connectivity index is 1.41. The number of aromatic nitrogens is 1. The lowest BCUT2D eigenvalue weighted by molar-refractivity contribution is -0.364. The number of anilines is 2. The summed E-state index contributed by atoms with van der Waals surface area (Å²) >= 11 is 0. The molecule has 0 saturated carbocycles. The van der Waals surface area contributed by atoms with Gasteiger partial charge in [0, 0.05) is 24.6 Å². The minimum Gasteiger partial charge on any atom is -0.335 e. The van der Waals surface area contributed by atoms with E-state index in [-0.39, 0.29) is 17.7 Å². The molecule has 160 valence electrons. The fourth-order valence-electron chi connectivity index (χ4n) is 3.76. The smallest absolute Gasteiger partial charge is 0.274 e. The zero-order chi connectivity index (χ0) is 21.5. The maximum atomic E-state index is 12.7. The molecule has 1 fully saturated rings.